The fraction of sp³-hybridized carbons (Fsp3) is 0.250. The Balaban J connectivity index is 2.04. The normalized spacial score (nSPS) is 10.8. The van der Waals surface area contributed by atoms with Crippen molar-refractivity contribution in [2.45, 2.75) is 20.8 Å². The van der Waals surface area contributed by atoms with Gasteiger partial charge in [0, 0.05) is 24.6 Å². The van der Waals surface area contributed by atoms with Gasteiger partial charge in [0.05, 0.1) is 6.20 Å². The van der Waals surface area contributed by atoms with Gasteiger partial charge in [-0.2, -0.15) is 0 Å². The number of fused-ring (bicyclic) bond motifs is 1. The number of benzene rings is 1. The van der Waals surface area contributed by atoms with Crippen LogP contribution in [0.2, 0.25) is 0 Å². The number of hydrogen-bond donors (Lipinski definition) is 2. The Morgan fingerprint density at radius 1 is 1.24 bits per heavy atom. The minimum absolute atomic E-state index is 0.755. The summed E-state index contributed by atoms with van der Waals surface area (Å²) in [6, 6.07) is 6.32. The van der Waals surface area contributed by atoms with Gasteiger partial charge in [-0.05, 0) is 32.4 Å². The van der Waals surface area contributed by atoms with Crippen LogP contribution >= 0.6 is 0 Å². The summed E-state index contributed by atoms with van der Waals surface area (Å²) in [6.07, 6.45) is 5.64. The quantitative estimate of drug-likeness (QED) is 0.768. The molecule has 108 valence electrons. The molecular formula is C16H19N5. The molecule has 21 heavy (non-hydrogen) atoms. The van der Waals surface area contributed by atoms with Crippen LogP contribution < -0.4 is 10.6 Å². The molecule has 0 aliphatic rings. The summed E-state index contributed by atoms with van der Waals surface area (Å²) in [7, 11) is 0. The molecule has 0 fully saturated rings. The highest BCUT2D eigenvalue weighted by atomic mass is 15.1. The number of imidazole rings is 1. The number of anilines is 3. The molecule has 2 aromatic heterocycles. The number of aryl methyl sites for hydroxylation is 2. The molecule has 0 unspecified atom stereocenters. The van der Waals surface area contributed by atoms with Gasteiger partial charge in [0.2, 0.25) is 0 Å². The first-order chi connectivity index (χ1) is 10.2. The molecule has 3 rings (SSSR count). The van der Waals surface area contributed by atoms with Crippen LogP contribution in [0.25, 0.3) is 5.65 Å². The van der Waals surface area contributed by atoms with Gasteiger partial charge in [-0.15, -0.1) is 0 Å². The predicted molar refractivity (Wildman–Crippen MR) is 86.3 cm³/mol. The van der Waals surface area contributed by atoms with Crippen LogP contribution in [0, 0.1) is 13.8 Å². The highest BCUT2D eigenvalue weighted by Gasteiger charge is 2.09. The Labute approximate surface area is 124 Å². The van der Waals surface area contributed by atoms with E-state index < -0.39 is 0 Å². The topological polar surface area (TPSA) is 54.2 Å². The van der Waals surface area contributed by atoms with Crippen molar-refractivity contribution in [3.63, 3.8) is 0 Å². The van der Waals surface area contributed by atoms with Crippen LogP contribution in [-0.4, -0.2) is 20.9 Å². The van der Waals surface area contributed by atoms with E-state index >= 15 is 0 Å². The molecule has 2 N–H and O–H groups in total. The zero-order valence-corrected chi connectivity index (χ0v) is 12.5. The third kappa shape index (κ3) is 2.67. The van der Waals surface area contributed by atoms with E-state index in [2.05, 4.69) is 59.6 Å². The molecule has 0 radical (unpaired) electrons. The Kier molecular flexibility index (Phi) is 3.48. The van der Waals surface area contributed by atoms with E-state index in [4.69, 9.17) is 0 Å². The van der Waals surface area contributed by atoms with Gasteiger partial charge in [0.1, 0.15) is 5.82 Å². The predicted octanol–water partition coefficient (Wildman–Crippen LogP) is 3.52. The zero-order valence-electron chi connectivity index (χ0n) is 12.5. The Morgan fingerprint density at radius 3 is 2.86 bits per heavy atom. The molecule has 0 aliphatic carbocycles. The van der Waals surface area contributed by atoms with Crippen molar-refractivity contribution in [1.29, 1.82) is 0 Å². The van der Waals surface area contributed by atoms with E-state index in [0.29, 0.717) is 0 Å². The molecule has 1 aromatic carbocycles. The number of hydrogen-bond acceptors (Lipinski definition) is 4. The molecule has 0 saturated carbocycles. The Morgan fingerprint density at radius 2 is 2.10 bits per heavy atom. The van der Waals surface area contributed by atoms with E-state index in [1.54, 1.807) is 6.20 Å². The first-order valence-electron chi connectivity index (χ1n) is 7.09. The van der Waals surface area contributed by atoms with Crippen molar-refractivity contribution in [3.05, 3.63) is 47.9 Å². The van der Waals surface area contributed by atoms with E-state index in [0.717, 1.165) is 29.5 Å². The number of nitrogens with one attached hydrogen (secondary N) is 2. The van der Waals surface area contributed by atoms with Gasteiger partial charge in [-0.25, -0.2) is 9.97 Å². The maximum absolute atomic E-state index is 4.62. The van der Waals surface area contributed by atoms with Gasteiger partial charge < -0.3 is 15.0 Å². The molecule has 0 aliphatic heterocycles. The van der Waals surface area contributed by atoms with Gasteiger partial charge in [-0.1, -0.05) is 17.7 Å². The molecule has 2 heterocycles. The number of aromatic nitrogens is 3. The second-order valence-electron chi connectivity index (χ2n) is 5.11. The Bertz CT molecular complexity index is 775. The van der Waals surface area contributed by atoms with E-state index in [1.165, 1.54) is 11.1 Å². The third-order valence-electron chi connectivity index (χ3n) is 3.37. The van der Waals surface area contributed by atoms with Crippen molar-refractivity contribution in [3.8, 4) is 0 Å². The lowest BCUT2D eigenvalue weighted by Gasteiger charge is -2.12. The molecular weight excluding hydrogens is 262 g/mol. The fourth-order valence-electron chi connectivity index (χ4n) is 2.36. The summed E-state index contributed by atoms with van der Waals surface area (Å²) < 4.78 is 1.97. The largest absolute Gasteiger partial charge is 0.369 e. The zero-order chi connectivity index (χ0) is 14.8. The molecule has 0 atom stereocenters. The minimum Gasteiger partial charge on any atom is -0.369 e. The van der Waals surface area contributed by atoms with Gasteiger partial charge in [0.15, 0.2) is 11.5 Å². The Hall–Kier alpha value is -2.56. The summed E-state index contributed by atoms with van der Waals surface area (Å²) in [4.78, 5) is 8.99. The summed E-state index contributed by atoms with van der Waals surface area (Å²) in [6.45, 7) is 7.06. The standard InChI is InChI=1S/C16H19N5/c1-4-17-14-10-21-8-7-18-16(21)15(20-14)19-13-6-5-11(2)9-12(13)3/h5-10,17H,4H2,1-3H3,(H,19,20). The summed E-state index contributed by atoms with van der Waals surface area (Å²) in [5.41, 5.74) is 4.30. The van der Waals surface area contributed by atoms with Crippen LogP contribution in [0.4, 0.5) is 17.3 Å². The summed E-state index contributed by atoms with van der Waals surface area (Å²) >= 11 is 0. The maximum Gasteiger partial charge on any atom is 0.180 e. The first-order valence-corrected chi connectivity index (χ1v) is 7.09. The van der Waals surface area contributed by atoms with Crippen LogP contribution in [0.3, 0.4) is 0 Å². The molecule has 0 saturated heterocycles. The van der Waals surface area contributed by atoms with Crippen molar-refractivity contribution < 1.29 is 0 Å². The molecule has 0 amide bonds. The van der Waals surface area contributed by atoms with Crippen molar-refractivity contribution >= 4 is 23.0 Å². The van der Waals surface area contributed by atoms with Gasteiger partial charge in [0.25, 0.3) is 0 Å². The minimum atomic E-state index is 0.755. The third-order valence-corrected chi connectivity index (χ3v) is 3.37. The van der Waals surface area contributed by atoms with Crippen LogP contribution in [0.15, 0.2) is 36.8 Å². The lowest BCUT2D eigenvalue weighted by Crippen LogP contribution is -2.05. The smallest absolute Gasteiger partial charge is 0.180 e. The second kappa shape index (κ2) is 5.44. The monoisotopic (exact) mass is 281 g/mol. The van der Waals surface area contributed by atoms with Crippen LogP contribution in [0.5, 0.6) is 0 Å². The highest BCUT2D eigenvalue weighted by Crippen LogP contribution is 2.24. The van der Waals surface area contributed by atoms with E-state index in [1.807, 2.05) is 16.8 Å². The van der Waals surface area contributed by atoms with Crippen molar-refractivity contribution in [1.82, 2.24) is 14.4 Å². The average Bonchev–Trinajstić information content (AvgIpc) is 2.91. The molecule has 3 aromatic rings. The van der Waals surface area contributed by atoms with Crippen molar-refractivity contribution in [2.75, 3.05) is 17.2 Å². The fourth-order valence-corrected chi connectivity index (χ4v) is 2.36. The average molecular weight is 281 g/mol. The number of nitrogens with zero attached hydrogens (tertiary/aromatic N) is 3. The number of rotatable bonds is 4. The highest BCUT2D eigenvalue weighted by molar-refractivity contribution is 5.73. The van der Waals surface area contributed by atoms with E-state index in [9.17, 15) is 0 Å². The lowest BCUT2D eigenvalue weighted by atomic mass is 10.1. The van der Waals surface area contributed by atoms with Crippen molar-refractivity contribution in [2.24, 2.45) is 0 Å². The van der Waals surface area contributed by atoms with E-state index in [-0.39, 0.29) is 0 Å². The lowest BCUT2D eigenvalue weighted by molar-refractivity contribution is 1.09. The van der Waals surface area contributed by atoms with Crippen LogP contribution in [-0.2, 0) is 0 Å². The summed E-state index contributed by atoms with van der Waals surface area (Å²) in [5, 5.41) is 6.63. The van der Waals surface area contributed by atoms with Gasteiger partial charge >= 0.3 is 0 Å². The second-order valence-corrected chi connectivity index (χ2v) is 5.11. The molecule has 0 spiro atoms. The summed E-state index contributed by atoms with van der Waals surface area (Å²) in [5.74, 6) is 1.58. The molecule has 5 heteroatoms. The first kappa shape index (κ1) is 13.4. The van der Waals surface area contributed by atoms with Gasteiger partial charge in [-0.3, -0.25) is 0 Å². The van der Waals surface area contributed by atoms with Crippen LogP contribution in [0.1, 0.15) is 18.1 Å². The SMILES string of the molecule is CCNc1cn2ccnc2c(Nc2ccc(C)cc2C)n1. The molecule has 5 nitrogen and oxygen atoms in total. The maximum atomic E-state index is 4.62. The molecule has 0 bridgehead atoms.